The van der Waals surface area contributed by atoms with E-state index in [-0.39, 0.29) is 5.91 Å². The summed E-state index contributed by atoms with van der Waals surface area (Å²) in [6.07, 6.45) is -0.529. The number of hydrogen-bond donors (Lipinski definition) is 1. The Bertz CT molecular complexity index is 916. The molecule has 0 saturated carbocycles. The summed E-state index contributed by atoms with van der Waals surface area (Å²) in [5, 5.41) is 2.80. The summed E-state index contributed by atoms with van der Waals surface area (Å²) in [5.74, 6) is -0.727. The zero-order valence-electron chi connectivity index (χ0n) is 17.1. The number of carbonyl (C=O) groups is 2. The second-order valence-electron chi connectivity index (χ2n) is 6.81. The van der Waals surface area contributed by atoms with Gasteiger partial charge in [0.15, 0.2) is 6.10 Å². The highest BCUT2D eigenvalue weighted by atomic mass is 16.5. The fourth-order valence-electron chi connectivity index (χ4n) is 3.18. The Kier molecular flexibility index (Phi) is 7.22. The molecule has 0 aromatic heterocycles. The summed E-state index contributed by atoms with van der Waals surface area (Å²) in [6, 6.07) is 25.8. The predicted molar refractivity (Wildman–Crippen MR) is 117 cm³/mol. The van der Waals surface area contributed by atoms with Crippen LogP contribution in [0.5, 0.6) is 5.75 Å². The van der Waals surface area contributed by atoms with E-state index in [0.717, 1.165) is 11.1 Å². The normalized spacial score (nSPS) is 11.6. The van der Waals surface area contributed by atoms with Gasteiger partial charge in [-0.15, -0.1) is 0 Å². The van der Waals surface area contributed by atoms with Crippen LogP contribution in [0, 0.1) is 0 Å². The third kappa shape index (κ3) is 5.26. The first-order valence-corrected chi connectivity index (χ1v) is 9.87. The summed E-state index contributed by atoms with van der Waals surface area (Å²) in [7, 11) is 1.58. The van der Waals surface area contributed by atoms with Crippen LogP contribution in [0.2, 0.25) is 0 Å². The van der Waals surface area contributed by atoms with Gasteiger partial charge in [0.2, 0.25) is 0 Å². The molecule has 0 unspecified atom stereocenters. The third-order valence-electron chi connectivity index (χ3n) is 4.78. The molecule has 1 atom stereocenters. The van der Waals surface area contributed by atoms with E-state index in [1.54, 1.807) is 31.4 Å². The maximum Gasteiger partial charge on any atom is 0.318 e. The van der Waals surface area contributed by atoms with Gasteiger partial charge in [0, 0.05) is 5.69 Å². The predicted octanol–water partition coefficient (Wildman–Crippen LogP) is 4.79. The molecule has 3 rings (SSSR count). The second kappa shape index (κ2) is 10.3. The van der Waals surface area contributed by atoms with E-state index >= 15 is 0 Å². The number of ether oxygens (including phenoxy) is 2. The first-order valence-electron chi connectivity index (χ1n) is 9.87. The minimum atomic E-state index is -0.894. The van der Waals surface area contributed by atoms with Crippen molar-refractivity contribution in [3.63, 3.8) is 0 Å². The number of nitrogens with one attached hydrogen (secondary N) is 1. The van der Waals surface area contributed by atoms with Crippen LogP contribution in [0.1, 0.15) is 30.4 Å². The molecule has 0 aliphatic heterocycles. The monoisotopic (exact) mass is 403 g/mol. The number of esters is 1. The number of carbonyl (C=O) groups excluding carboxylic acids is 2. The summed E-state index contributed by atoms with van der Waals surface area (Å²) in [6.45, 7) is 1.81. The van der Waals surface area contributed by atoms with Crippen LogP contribution in [0.3, 0.4) is 0 Å². The lowest BCUT2D eigenvalue weighted by Gasteiger charge is -2.21. The van der Waals surface area contributed by atoms with Gasteiger partial charge in [0.1, 0.15) is 11.7 Å². The SMILES string of the molecule is CC[C@@H](OC(=O)C(c1ccccc1)c1ccccc1)C(=O)Nc1ccc(OC)cc1. The van der Waals surface area contributed by atoms with E-state index in [1.165, 1.54) is 0 Å². The number of anilines is 1. The Labute approximate surface area is 176 Å². The summed E-state index contributed by atoms with van der Waals surface area (Å²) in [4.78, 5) is 25.8. The molecule has 0 spiro atoms. The lowest BCUT2D eigenvalue weighted by atomic mass is 9.91. The number of rotatable bonds is 8. The Balaban J connectivity index is 1.76. The average Bonchev–Trinajstić information content (AvgIpc) is 2.79. The molecule has 5 heteroatoms. The van der Waals surface area contributed by atoms with Crippen molar-refractivity contribution in [3.8, 4) is 5.75 Å². The van der Waals surface area contributed by atoms with Gasteiger partial charge in [-0.25, -0.2) is 0 Å². The lowest BCUT2D eigenvalue weighted by Crippen LogP contribution is -2.34. The smallest absolute Gasteiger partial charge is 0.318 e. The molecule has 154 valence electrons. The van der Waals surface area contributed by atoms with Crippen molar-refractivity contribution in [2.24, 2.45) is 0 Å². The van der Waals surface area contributed by atoms with Crippen molar-refractivity contribution < 1.29 is 19.1 Å². The van der Waals surface area contributed by atoms with Crippen molar-refractivity contribution in [2.45, 2.75) is 25.4 Å². The molecule has 0 aliphatic rings. The minimum absolute atomic E-state index is 0.365. The van der Waals surface area contributed by atoms with Crippen LogP contribution in [-0.2, 0) is 14.3 Å². The van der Waals surface area contributed by atoms with Crippen LogP contribution in [-0.4, -0.2) is 25.1 Å². The van der Waals surface area contributed by atoms with Crippen LogP contribution in [0.4, 0.5) is 5.69 Å². The van der Waals surface area contributed by atoms with E-state index < -0.39 is 18.0 Å². The van der Waals surface area contributed by atoms with Gasteiger partial charge in [-0.3, -0.25) is 9.59 Å². The highest BCUT2D eigenvalue weighted by Crippen LogP contribution is 2.27. The van der Waals surface area contributed by atoms with Crippen molar-refractivity contribution in [1.82, 2.24) is 0 Å². The highest BCUT2D eigenvalue weighted by molar-refractivity contribution is 5.96. The van der Waals surface area contributed by atoms with Crippen molar-refractivity contribution in [3.05, 3.63) is 96.1 Å². The van der Waals surface area contributed by atoms with Crippen molar-refractivity contribution in [1.29, 1.82) is 0 Å². The lowest BCUT2D eigenvalue weighted by molar-refractivity contribution is -0.155. The van der Waals surface area contributed by atoms with Crippen LogP contribution in [0.15, 0.2) is 84.9 Å². The van der Waals surface area contributed by atoms with E-state index in [0.29, 0.717) is 17.9 Å². The van der Waals surface area contributed by atoms with Crippen LogP contribution >= 0.6 is 0 Å². The molecule has 0 bridgehead atoms. The molecule has 1 N–H and O–H groups in total. The van der Waals surface area contributed by atoms with Gasteiger partial charge in [-0.1, -0.05) is 67.6 Å². The Hall–Kier alpha value is -3.60. The van der Waals surface area contributed by atoms with Gasteiger partial charge in [-0.05, 0) is 41.8 Å². The average molecular weight is 403 g/mol. The Morgan fingerprint density at radius 1 is 0.833 bits per heavy atom. The van der Waals surface area contributed by atoms with E-state index in [9.17, 15) is 9.59 Å². The molecule has 0 radical (unpaired) electrons. The summed E-state index contributed by atoms with van der Waals surface area (Å²) in [5.41, 5.74) is 2.25. The zero-order valence-corrected chi connectivity index (χ0v) is 17.1. The van der Waals surface area contributed by atoms with Gasteiger partial charge in [0.05, 0.1) is 7.11 Å². The molecule has 3 aromatic rings. The maximum absolute atomic E-state index is 13.1. The first kappa shape index (κ1) is 21.1. The molecule has 0 saturated heterocycles. The quantitative estimate of drug-likeness (QED) is 0.550. The molecule has 5 nitrogen and oxygen atoms in total. The molecule has 3 aromatic carbocycles. The second-order valence-corrected chi connectivity index (χ2v) is 6.81. The largest absolute Gasteiger partial charge is 0.497 e. The highest BCUT2D eigenvalue weighted by Gasteiger charge is 2.29. The number of hydrogen-bond acceptors (Lipinski definition) is 4. The van der Waals surface area contributed by atoms with E-state index in [2.05, 4.69) is 5.32 Å². The number of amides is 1. The van der Waals surface area contributed by atoms with E-state index in [4.69, 9.17) is 9.47 Å². The molecular weight excluding hydrogens is 378 g/mol. The van der Waals surface area contributed by atoms with E-state index in [1.807, 2.05) is 67.6 Å². The minimum Gasteiger partial charge on any atom is -0.497 e. The summed E-state index contributed by atoms with van der Waals surface area (Å²) >= 11 is 0. The summed E-state index contributed by atoms with van der Waals surface area (Å²) < 4.78 is 10.8. The number of methoxy groups -OCH3 is 1. The topological polar surface area (TPSA) is 64.6 Å². The molecule has 1 amide bonds. The van der Waals surface area contributed by atoms with Crippen LogP contribution < -0.4 is 10.1 Å². The molecule has 30 heavy (non-hydrogen) atoms. The van der Waals surface area contributed by atoms with Crippen molar-refractivity contribution >= 4 is 17.6 Å². The number of benzene rings is 3. The first-order chi connectivity index (χ1) is 14.6. The Morgan fingerprint density at radius 3 is 1.83 bits per heavy atom. The molecule has 0 aliphatic carbocycles. The van der Waals surface area contributed by atoms with Gasteiger partial charge < -0.3 is 14.8 Å². The van der Waals surface area contributed by atoms with Gasteiger partial charge >= 0.3 is 5.97 Å². The van der Waals surface area contributed by atoms with Crippen molar-refractivity contribution in [2.75, 3.05) is 12.4 Å². The van der Waals surface area contributed by atoms with Gasteiger partial charge in [0.25, 0.3) is 5.91 Å². The molecule has 0 fully saturated rings. The maximum atomic E-state index is 13.1. The fourth-order valence-corrected chi connectivity index (χ4v) is 3.18. The Morgan fingerprint density at radius 2 is 1.37 bits per heavy atom. The van der Waals surface area contributed by atoms with Gasteiger partial charge in [-0.2, -0.15) is 0 Å². The van der Waals surface area contributed by atoms with Crippen LogP contribution in [0.25, 0.3) is 0 Å². The molecule has 0 heterocycles. The zero-order chi connectivity index (χ0) is 21.3. The third-order valence-corrected chi connectivity index (χ3v) is 4.78. The standard InChI is InChI=1S/C25H25NO4/c1-3-22(24(27)26-20-14-16-21(29-2)17-15-20)30-25(28)23(18-10-6-4-7-11-18)19-12-8-5-9-13-19/h4-17,22-23H,3H2,1-2H3,(H,26,27)/t22-/m1/s1. The molecular formula is C25H25NO4. The fraction of sp³-hybridized carbons (Fsp3) is 0.200.